The molecular formula is C19H11ClF5N7O. The largest absolute Gasteiger partial charge is 0.434 e. The van der Waals surface area contributed by atoms with Gasteiger partial charge in [-0.15, -0.1) is 4.80 Å². The van der Waals surface area contributed by atoms with E-state index in [-0.39, 0.29) is 22.2 Å². The molecule has 0 aliphatic rings. The average molecular weight is 484 g/mol. The van der Waals surface area contributed by atoms with Crippen LogP contribution in [0.1, 0.15) is 21.6 Å². The third-order valence-corrected chi connectivity index (χ3v) is 4.79. The van der Waals surface area contributed by atoms with Crippen LogP contribution in [-0.4, -0.2) is 35.7 Å². The lowest BCUT2D eigenvalue weighted by Gasteiger charge is -2.15. The number of anilines is 1. The Bertz CT molecular complexity index is 1350. The zero-order valence-corrected chi connectivity index (χ0v) is 17.2. The molecular weight excluding hydrogens is 473 g/mol. The molecule has 0 fully saturated rings. The Morgan fingerprint density at radius 3 is 2.42 bits per heavy atom. The number of amides is 1. The predicted octanol–water partition coefficient (Wildman–Crippen LogP) is 4.36. The standard InChI is InChI=1S/C19H11ClF5N7O/c1-9-14(3-2-13(21)15(9)22)31-16(19(23,24)25)11(8-29-31)18(33)30-10-6-12(20)17(26-7-10)32-27-4-5-28-32/h2-8H,1H3,(H,30,33). The summed E-state index contributed by atoms with van der Waals surface area (Å²) in [5.41, 5.74) is -3.10. The zero-order valence-electron chi connectivity index (χ0n) is 16.4. The van der Waals surface area contributed by atoms with E-state index in [1.165, 1.54) is 18.5 Å². The van der Waals surface area contributed by atoms with E-state index in [0.717, 1.165) is 24.0 Å². The number of hydrogen-bond acceptors (Lipinski definition) is 5. The maximum atomic E-state index is 13.9. The Balaban J connectivity index is 1.71. The number of benzene rings is 1. The summed E-state index contributed by atoms with van der Waals surface area (Å²) in [5, 5.41) is 13.6. The summed E-state index contributed by atoms with van der Waals surface area (Å²) in [6, 6.07) is 2.86. The molecule has 1 aromatic carbocycles. The normalized spacial score (nSPS) is 11.6. The highest BCUT2D eigenvalue weighted by atomic mass is 35.5. The molecule has 1 amide bonds. The number of nitrogens with one attached hydrogen (secondary N) is 1. The maximum absolute atomic E-state index is 13.9. The molecule has 4 aromatic rings. The van der Waals surface area contributed by atoms with Gasteiger partial charge in [0.25, 0.3) is 5.91 Å². The van der Waals surface area contributed by atoms with Crippen molar-refractivity contribution in [2.45, 2.75) is 13.1 Å². The molecule has 0 unspecified atom stereocenters. The summed E-state index contributed by atoms with van der Waals surface area (Å²) < 4.78 is 69.2. The molecule has 170 valence electrons. The second-order valence-electron chi connectivity index (χ2n) is 6.62. The van der Waals surface area contributed by atoms with Gasteiger partial charge < -0.3 is 5.32 Å². The first-order valence-electron chi connectivity index (χ1n) is 9.01. The van der Waals surface area contributed by atoms with Crippen LogP contribution in [0.5, 0.6) is 0 Å². The molecule has 3 heterocycles. The lowest BCUT2D eigenvalue weighted by atomic mass is 10.1. The topological polar surface area (TPSA) is 90.5 Å². The minimum absolute atomic E-state index is 0.00853. The van der Waals surface area contributed by atoms with Gasteiger partial charge in [0, 0.05) is 5.56 Å². The maximum Gasteiger partial charge on any atom is 0.434 e. The average Bonchev–Trinajstić information content (AvgIpc) is 3.42. The van der Waals surface area contributed by atoms with Crippen molar-refractivity contribution in [2.24, 2.45) is 0 Å². The molecule has 33 heavy (non-hydrogen) atoms. The van der Waals surface area contributed by atoms with E-state index >= 15 is 0 Å². The van der Waals surface area contributed by atoms with Gasteiger partial charge >= 0.3 is 6.18 Å². The fourth-order valence-electron chi connectivity index (χ4n) is 3.01. The Morgan fingerprint density at radius 2 is 1.79 bits per heavy atom. The van der Waals surface area contributed by atoms with Gasteiger partial charge in [0.05, 0.1) is 46.7 Å². The van der Waals surface area contributed by atoms with Crippen LogP contribution in [0.25, 0.3) is 11.5 Å². The Kier molecular flexibility index (Phi) is 5.57. The number of carbonyl (C=O) groups is 1. The Labute approximate surface area is 186 Å². The van der Waals surface area contributed by atoms with Crippen LogP contribution in [0.4, 0.5) is 27.6 Å². The van der Waals surface area contributed by atoms with E-state index in [0.29, 0.717) is 16.9 Å². The van der Waals surface area contributed by atoms with E-state index in [9.17, 15) is 26.7 Å². The van der Waals surface area contributed by atoms with Crippen LogP contribution in [0.3, 0.4) is 0 Å². The summed E-state index contributed by atoms with van der Waals surface area (Å²) in [5.74, 6) is -3.59. The van der Waals surface area contributed by atoms with Gasteiger partial charge in [0.2, 0.25) is 0 Å². The number of halogens is 6. The molecule has 0 saturated carbocycles. The molecule has 4 rings (SSSR count). The SMILES string of the molecule is Cc1c(-n2ncc(C(=O)Nc3cnc(-n4nccn4)c(Cl)c3)c2C(F)(F)F)ccc(F)c1F. The number of pyridine rings is 1. The molecule has 0 aliphatic carbocycles. The minimum atomic E-state index is -5.05. The van der Waals surface area contributed by atoms with Crippen LogP contribution >= 0.6 is 11.6 Å². The first-order valence-corrected chi connectivity index (χ1v) is 9.39. The fraction of sp³-hybridized carbons (Fsp3) is 0.105. The molecule has 1 N–H and O–H groups in total. The summed E-state index contributed by atoms with van der Waals surface area (Å²) in [6.45, 7) is 1.10. The number of rotatable bonds is 4. The van der Waals surface area contributed by atoms with Gasteiger partial charge in [-0.2, -0.15) is 28.5 Å². The highest BCUT2D eigenvalue weighted by Crippen LogP contribution is 2.35. The van der Waals surface area contributed by atoms with E-state index in [1.54, 1.807) is 0 Å². The van der Waals surface area contributed by atoms with Crippen molar-refractivity contribution in [2.75, 3.05) is 5.32 Å². The van der Waals surface area contributed by atoms with E-state index in [1.807, 2.05) is 0 Å². The Hall–Kier alpha value is -3.87. The van der Waals surface area contributed by atoms with Crippen LogP contribution in [-0.2, 0) is 6.18 Å². The van der Waals surface area contributed by atoms with Crippen molar-refractivity contribution in [3.63, 3.8) is 0 Å². The highest BCUT2D eigenvalue weighted by Gasteiger charge is 2.41. The van der Waals surface area contributed by atoms with Crippen LogP contribution in [0.2, 0.25) is 5.02 Å². The third-order valence-electron chi connectivity index (χ3n) is 4.51. The number of aromatic nitrogens is 6. The predicted molar refractivity (Wildman–Crippen MR) is 105 cm³/mol. The number of carbonyl (C=O) groups excluding carboxylic acids is 1. The highest BCUT2D eigenvalue weighted by molar-refractivity contribution is 6.32. The van der Waals surface area contributed by atoms with Crippen LogP contribution in [0.15, 0.2) is 43.0 Å². The van der Waals surface area contributed by atoms with Crippen molar-refractivity contribution in [3.05, 3.63) is 76.5 Å². The quantitative estimate of drug-likeness (QED) is 0.436. The van der Waals surface area contributed by atoms with Gasteiger partial charge in [-0.3, -0.25) is 4.79 Å². The summed E-state index contributed by atoms with van der Waals surface area (Å²) in [4.78, 5) is 17.8. The summed E-state index contributed by atoms with van der Waals surface area (Å²) >= 11 is 6.11. The zero-order chi connectivity index (χ0) is 23.9. The monoisotopic (exact) mass is 483 g/mol. The van der Waals surface area contributed by atoms with Gasteiger partial charge in [-0.25, -0.2) is 18.4 Å². The first-order chi connectivity index (χ1) is 15.6. The minimum Gasteiger partial charge on any atom is -0.320 e. The summed E-state index contributed by atoms with van der Waals surface area (Å²) in [6.07, 6.45) is -0.445. The van der Waals surface area contributed by atoms with Gasteiger partial charge in [-0.05, 0) is 25.1 Å². The van der Waals surface area contributed by atoms with Crippen molar-refractivity contribution >= 4 is 23.2 Å². The van der Waals surface area contributed by atoms with Crippen molar-refractivity contribution in [1.29, 1.82) is 0 Å². The number of hydrogen-bond donors (Lipinski definition) is 1. The van der Waals surface area contributed by atoms with E-state index in [4.69, 9.17) is 11.6 Å². The fourth-order valence-corrected chi connectivity index (χ4v) is 3.25. The van der Waals surface area contributed by atoms with E-state index in [2.05, 4.69) is 25.6 Å². The lowest BCUT2D eigenvalue weighted by Crippen LogP contribution is -2.21. The molecule has 0 aliphatic heterocycles. The number of nitrogens with zero attached hydrogens (tertiary/aromatic N) is 6. The van der Waals surface area contributed by atoms with Gasteiger partial charge in [0.1, 0.15) is 0 Å². The van der Waals surface area contributed by atoms with Crippen LogP contribution < -0.4 is 5.32 Å². The second kappa shape index (κ2) is 8.24. The van der Waals surface area contributed by atoms with Crippen LogP contribution in [0, 0.1) is 18.6 Å². The van der Waals surface area contributed by atoms with Crippen molar-refractivity contribution in [1.82, 2.24) is 29.8 Å². The molecule has 14 heteroatoms. The number of alkyl halides is 3. The second-order valence-corrected chi connectivity index (χ2v) is 7.03. The third kappa shape index (κ3) is 4.14. The molecule has 8 nitrogen and oxygen atoms in total. The first kappa shape index (κ1) is 22.3. The van der Waals surface area contributed by atoms with Gasteiger partial charge in [0.15, 0.2) is 23.1 Å². The Morgan fingerprint density at radius 1 is 1.09 bits per heavy atom. The molecule has 0 radical (unpaired) electrons. The molecule has 0 saturated heterocycles. The lowest BCUT2D eigenvalue weighted by molar-refractivity contribution is -0.143. The van der Waals surface area contributed by atoms with Crippen molar-refractivity contribution in [3.8, 4) is 11.5 Å². The van der Waals surface area contributed by atoms with Crippen molar-refractivity contribution < 1.29 is 26.7 Å². The molecule has 0 bridgehead atoms. The molecule has 0 spiro atoms. The smallest absolute Gasteiger partial charge is 0.320 e. The molecule has 3 aromatic heterocycles. The summed E-state index contributed by atoms with van der Waals surface area (Å²) in [7, 11) is 0. The van der Waals surface area contributed by atoms with Gasteiger partial charge in [-0.1, -0.05) is 11.6 Å². The molecule has 0 atom stereocenters. The van der Waals surface area contributed by atoms with E-state index < -0.39 is 40.5 Å².